The molecule has 0 aliphatic carbocycles. The van der Waals surface area contributed by atoms with Crippen molar-refractivity contribution in [3.05, 3.63) is 52.3 Å². The van der Waals surface area contributed by atoms with Gasteiger partial charge in [0.2, 0.25) is 0 Å². The number of nitro benzene ring substituents is 1. The summed E-state index contributed by atoms with van der Waals surface area (Å²) in [6.07, 6.45) is 1.60. The number of nitrogens with zero attached hydrogens (tertiary/aromatic N) is 3. The van der Waals surface area contributed by atoms with Crippen LogP contribution in [-0.2, 0) is 11.3 Å². The Hall–Kier alpha value is -2.38. The van der Waals surface area contributed by atoms with E-state index in [0.29, 0.717) is 31.1 Å². The molecule has 0 spiro atoms. The van der Waals surface area contributed by atoms with Crippen molar-refractivity contribution < 1.29 is 9.66 Å². The summed E-state index contributed by atoms with van der Waals surface area (Å²) in [4.78, 5) is 19.1. The van der Waals surface area contributed by atoms with Crippen molar-refractivity contribution in [1.82, 2.24) is 15.3 Å². The molecule has 0 amide bonds. The molecule has 0 saturated heterocycles. The van der Waals surface area contributed by atoms with Gasteiger partial charge >= 0.3 is 0 Å². The maximum absolute atomic E-state index is 11.0. The summed E-state index contributed by atoms with van der Waals surface area (Å²) in [6, 6.07) is 8.23. The van der Waals surface area contributed by atoms with Crippen LogP contribution in [0.25, 0.3) is 11.4 Å². The molecule has 7 nitrogen and oxygen atoms in total. The zero-order chi connectivity index (χ0) is 15.1. The van der Waals surface area contributed by atoms with Crippen LogP contribution in [0.4, 0.5) is 5.69 Å². The van der Waals surface area contributed by atoms with Crippen molar-refractivity contribution >= 4 is 5.69 Å². The largest absolute Gasteiger partial charge is 0.383 e. The maximum atomic E-state index is 11.0. The van der Waals surface area contributed by atoms with E-state index < -0.39 is 4.92 Å². The lowest BCUT2D eigenvalue weighted by Crippen LogP contribution is -2.19. The highest BCUT2D eigenvalue weighted by Crippen LogP contribution is 2.26. The molecule has 1 N–H and O–H groups in total. The summed E-state index contributed by atoms with van der Waals surface area (Å²) in [5, 5.41) is 14.2. The van der Waals surface area contributed by atoms with Crippen LogP contribution in [0.1, 0.15) is 5.69 Å². The second kappa shape index (κ2) is 7.41. The summed E-state index contributed by atoms with van der Waals surface area (Å²) < 4.78 is 4.94. The predicted octanol–water partition coefficient (Wildman–Crippen LogP) is 1.79. The number of hydrogen-bond acceptors (Lipinski definition) is 6. The van der Waals surface area contributed by atoms with Crippen LogP contribution in [-0.4, -0.2) is 35.2 Å². The summed E-state index contributed by atoms with van der Waals surface area (Å²) in [7, 11) is 1.64. The Bertz CT molecular complexity index is 619. The molecule has 0 radical (unpaired) electrons. The number of hydrogen-bond donors (Lipinski definition) is 1. The fourth-order valence-electron chi connectivity index (χ4n) is 1.84. The first-order chi connectivity index (χ1) is 10.2. The first-order valence-electron chi connectivity index (χ1n) is 6.47. The normalized spacial score (nSPS) is 10.5. The average Bonchev–Trinajstić information content (AvgIpc) is 2.52. The minimum atomic E-state index is -0.428. The third kappa shape index (κ3) is 4.04. The van der Waals surface area contributed by atoms with E-state index in [4.69, 9.17) is 4.74 Å². The summed E-state index contributed by atoms with van der Waals surface area (Å²) >= 11 is 0. The number of nitro groups is 1. The molecule has 2 rings (SSSR count). The number of nitrogens with one attached hydrogen (secondary N) is 1. The van der Waals surface area contributed by atoms with Gasteiger partial charge in [-0.2, -0.15) is 0 Å². The summed E-state index contributed by atoms with van der Waals surface area (Å²) in [5.74, 6) is 0.355. The van der Waals surface area contributed by atoms with Crippen LogP contribution in [0, 0.1) is 10.1 Å². The van der Waals surface area contributed by atoms with Crippen molar-refractivity contribution in [1.29, 1.82) is 0 Å². The molecule has 0 unspecified atom stereocenters. The molecular formula is C14H16N4O3. The van der Waals surface area contributed by atoms with Gasteiger partial charge in [0.15, 0.2) is 5.82 Å². The van der Waals surface area contributed by atoms with E-state index in [-0.39, 0.29) is 5.69 Å². The average molecular weight is 288 g/mol. The van der Waals surface area contributed by atoms with Crippen molar-refractivity contribution in [2.24, 2.45) is 0 Å². The van der Waals surface area contributed by atoms with E-state index >= 15 is 0 Å². The lowest BCUT2D eigenvalue weighted by atomic mass is 10.1. The number of benzene rings is 1. The molecule has 7 heteroatoms. The van der Waals surface area contributed by atoms with Crippen LogP contribution < -0.4 is 5.32 Å². The second-order valence-electron chi connectivity index (χ2n) is 4.32. The SMILES string of the molecule is COCCNCc1ccnc(-c2ccccc2[N+](=O)[O-])n1. The van der Waals surface area contributed by atoms with E-state index in [1.54, 1.807) is 37.6 Å². The number of ether oxygens (including phenoxy) is 1. The van der Waals surface area contributed by atoms with Gasteiger partial charge in [0.05, 0.1) is 22.8 Å². The van der Waals surface area contributed by atoms with Gasteiger partial charge in [-0.15, -0.1) is 0 Å². The minimum Gasteiger partial charge on any atom is -0.383 e. The lowest BCUT2D eigenvalue weighted by molar-refractivity contribution is -0.384. The van der Waals surface area contributed by atoms with Crippen molar-refractivity contribution in [2.45, 2.75) is 6.54 Å². The van der Waals surface area contributed by atoms with Crippen LogP contribution in [0.3, 0.4) is 0 Å². The Morgan fingerprint density at radius 3 is 2.90 bits per heavy atom. The van der Waals surface area contributed by atoms with Gasteiger partial charge in [0.25, 0.3) is 5.69 Å². The molecule has 1 heterocycles. The monoisotopic (exact) mass is 288 g/mol. The molecule has 2 aromatic rings. The van der Waals surface area contributed by atoms with Crippen LogP contribution in [0.15, 0.2) is 36.5 Å². The molecule has 0 aliphatic heterocycles. The molecule has 0 atom stereocenters. The van der Waals surface area contributed by atoms with E-state index in [1.165, 1.54) is 6.07 Å². The Labute approximate surface area is 122 Å². The Kier molecular flexibility index (Phi) is 5.30. The molecule has 21 heavy (non-hydrogen) atoms. The smallest absolute Gasteiger partial charge is 0.280 e. The summed E-state index contributed by atoms with van der Waals surface area (Å²) in [5.41, 5.74) is 1.19. The van der Waals surface area contributed by atoms with Gasteiger partial charge in [-0.25, -0.2) is 9.97 Å². The number of methoxy groups -OCH3 is 1. The molecule has 110 valence electrons. The van der Waals surface area contributed by atoms with Crippen molar-refractivity contribution in [3.8, 4) is 11.4 Å². The van der Waals surface area contributed by atoms with E-state index in [9.17, 15) is 10.1 Å². The van der Waals surface area contributed by atoms with E-state index in [0.717, 1.165) is 5.69 Å². The third-order valence-corrected chi connectivity index (χ3v) is 2.84. The van der Waals surface area contributed by atoms with Gasteiger partial charge in [-0.05, 0) is 12.1 Å². The number of rotatable bonds is 7. The Morgan fingerprint density at radius 2 is 2.14 bits per heavy atom. The highest BCUT2D eigenvalue weighted by molar-refractivity contribution is 5.67. The Balaban J connectivity index is 2.19. The van der Waals surface area contributed by atoms with E-state index in [2.05, 4.69) is 15.3 Å². The molecule has 0 saturated carbocycles. The first-order valence-corrected chi connectivity index (χ1v) is 6.47. The number of aromatic nitrogens is 2. The Morgan fingerprint density at radius 1 is 1.33 bits per heavy atom. The van der Waals surface area contributed by atoms with Gasteiger partial charge < -0.3 is 10.1 Å². The molecule has 0 fully saturated rings. The summed E-state index contributed by atoms with van der Waals surface area (Å²) in [6.45, 7) is 1.88. The molecule has 0 bridgehead atoms. The minimum absolute atomic E-state index is 0.00184. The van der Waals surface area contributed by atoms with Crippen molar-refractivity contribution in [3.63, 3.8) is 0 Å². The topological polar surface area (TPSA) is 90.2 Å². The van der Waals surface area contributed by atoms with E-state index in [1.807, 2.05) is 0 Å². The molecule has 1 aromatic heterocycles. The third-order valence-electron chi connectivity index (χ3n) is 2.84. The first kappa shape index (κ1) is 15.0. The maximum Gasteiger partial charge on any atom is 0.280 e. The van der Waals surface area contributed by atoms with Crippen LogP contribution >= 0.6 is 0 Å². The van der Waals surface area contributed by atoms with Gasteiger partial charge in [-0.3, -0.25) is 10.1 Å². The lowest BCUT2D eigenvalue weighted by Gasteiger charge is -2.06. The van der Waals surface area contributed by atoms with Crippen LogP contribution in [0.2, 0.25) is 0 Å². The van der Waals surface area contributed by atoms with Gasteiger partial charge in [0.1, 0.15) is 0 Å². The highest BCUT2D eigenvalue weighted by atomic mass is 16.6. The molecule has 1 aromatic carbocycles. The predicted molar refractivity (Wildman–Crippen MR) is 77.7 cm³/mol. The fraction of sp³-hybridized carbons (Fsp3) is 0.286. The number of para-hydroxylation sites is 1. The van der Waals surface area contributed by atoms with Crippen molar-refractivity contribution in [2.75, 3.05) is 20.3 Å². The molecular weight excluding hydrogens is 272 g/mol. The van der Waals surface area contributed by atoms with Crippen LogP contribution in [0.5, 0.6) is 0 Å². The zero-order valence-corrected chi connectivity index (χ0v) is 11.7. The standard InChI is InChI=1S/C14H16N4O3/c1-21-9-8-15-10-11-6-7-16-14(17-11)12-4-2-3-5-13(12)18(19)20/h2-7,15H,8-10H2,1H3. The highest BCUT2D eigenvalue weighted by Gasteiger charge is 2.16. The fourth-order valence-corrected chi connectivity index (χ4v) is 1.84. The zero-order valence-electron chi connectivity index (χ0n) is 11.7. The van der Waals surface area contributed by atoms with Gasteiger partial charge in [0, 0.05) is 32.5 Å². The van der Waals surface area contributed by atoms with Gasteiger partial charge in [-0.1, -0.05) is 12.1 Å². The molecule has 0 aliphatic rings. The second-order valence-corrected chi connectivity index (χ2v) is 4.32. The quantitative estimate of drug-likeness (QED) is 0.474.